The van der Waals surface area contributed by atoms with Gasteiger partial charge in [0.1, 0.15) is 0 Å². The molecule has 1 aliphatic heterocycles. The molecule has 19 heavy (non-hydrogen) atoms. The van der Waals surface area contributed by atoms with E-state index in [1.807, 2.05) is 19.1 Å². The van der Waals surface area contributed by atoms with Crippen LogP contribution in [-0.4, -0.2) is 24.2 Å². The Morgan fingerprint density at radius 2 is 2.26 bits per heavy atom. The zero-order valence-electron chi connectivity index (χ0n) is 10.9. The molecule has 1 aromatic carbocycles. The number of rotatable bonds is 4. The minimum absolute atomic E-state index is 0. The Kier molecular flexibility index (Phi) is 6.30. The van der Waals surface area contributed by atoms with Crippen molar-refractivity contribution >= 4 is 34.3 Å². The maximum absolute atomic E-state index is 11.4. The van der Waals surface area contributed by atoms with E-state index in [9.17, 15) is 9.90 Å². The largest absolute Gasteiger partial charge is 0.481 e. The molecule has 1 heterocycles. The molecule has 2 atom stereocenters. The van der Waals surface area contributed by atoms with Crippen molar-refractivity contribution in [2.24, 2.45) is 11.8 Å². The van der Waals surface area contributed by atoms with E-state index in [-0.39, 0.29) is 24.2 Å². The second kappa shape index (κ2) is 7.27. The number of carboxylic acid groups (broad SMARTS) is 1. The average molecular weight is 349 g/mol. The summed E-state index contributed by atoms with van der Waals surface area (Å²) < 4.78 is 1.02. The summed E-state index contributed by atoms with van der Waals surface area (Å²) in [6.07, 6.45) is 1.58. The Hall–Kier alpha value is -0.580. The van der Waals surface area contributed by atoms with E-state index < -0.39 is 5.97 Å². The van der Waals surface area contributed by atoms with E-state index in [1.165, 1.54) is 0 Å². The molecule has 0 bridgehead atoms. The molecule has 1 aromatic rings. The second-order valence-corrected chi connectivity index (χ2v) is 5.95. The predicted molar refractivity (Wildman–Crippen MR) is 81.9 cm³/mol. The fourth-order valence-electron chi connectivity index (χ4n) is 2.66. The van der Waals surface area contributed by atoms with Gasteiger partial charge in [0.15, 0.2) is 0 Å². The minimum atomic E-state index is -0.679. The monoisotopic (exact) mass is 347 g/mol. The van der Waals surface area contributed by atoms with Crippen LogP contribution in [0.25, 0.3) is 0 Å². The zero-order valence-corrected chi connectivity index (χ0v) is 13.3. The molecular formula is C14H19BrClNO2. The lowest BCUT2D eigenvalue weighted by atomic mass is 9.86. The Labute approximate surface area is 128 Å². The highest BCUT2D eigenvalue weighted by atomic mass is 79.9. The van der Waals surface area contributed by atoms with Crippen molar-refractivity contribution < 1.29 is 9.90 Å². The van der Waals surface area contributed by atoms with Crippen molar-refractivity contribution in [3.8, 4) is 0 Å². The first kappa shape index (κ1) is 16.5. The lowest BCUT2D eigenvalue weighted by Crippen LogP contribution is -2.27. The Morgan fingerprint density at radius 3 is 2.79 bits per heavy atom. The molecule has 0 amide bonds. The lowest BCUT2D eigenvalue weighted by Gasteiger charge is -2.19. The second-order valence-electron chi connectivity index (χ2n) is 5.04. The van der Waals surface area contributed by atoms with Crippen molar-refractivity contribution in [2.45, 2.75) is 19.8 Å². The van der Waals surface area contributed by atoms with Crippen molar-refractivity contribution in [1.82, 2.24) is 5.32 Å². The van der Waals surface area contributed by atoms with Gasteiger partial charge in [0.25, 0.3) is 0 Å². The average Bonchev–Trinajstić information content (AvgIpc) is 2.77. The first-order chi connectivity index (χ1) is 8.56. The van der Waals surface area contributed by atoms with E-state index in [4.69, 9.17) is 0 Å². The third kappa shape index (κ3) is 4.48. The number of carbonyl (C=O) groups is 1. The van der Waals surface area contributed by atoms with Crippen LogP contribution in [0.3, 0.4) is 0 Å². The number of aryl methyl sites for hydroxylation is 1. The van der Waals surface area contributed by atoms with Crippen LogP contribution >= 0.6 is 28.3 Å². The smallest absolute Gasteiger partial charge is 0.307 e. The summed E-state index contributed by atoms with van der Waals surface area (Å²) in [5, 5.41) is 12.6. The van der Waals surface area contributed by atoms with Gasteiger partial charge in [-0.3, -0.25) is 4.79 Å². The highest BCUT2D eigenvalue weighted by molar-refractivity contribution is 9.10. The summed E-state index contributed by atoms with van der Waals surface area (Å²) in [6, 6.07) is 6.13. The third-order valence-electron chi connectivity index (χ3n) is 3.54. The van der Waals surface area contributed by atoms with Crippen LogP contribution in [0.2, 0.25) is 0 Å². The Bertz CT molecular complexity index is 427. The van der Waals surface area contributed by atoms with E-state index in [2.05, 4.69) is 27.3 Å². The number of benzene rings is 1. The van der Waals surface area contributed by atoms with Gasteiger partial charge in [-0.25, -0.2) is 0 Å². The Morgan fingerprint density at radius 1 is 1.53 bits per heavy atom. The predicted octanol–water partition coefficient (Wildman–Crippen LogP) is 3.03. The molecule has 0 unspecified atom stereocenters. The molecule has 5 heteroatoms. The van der Waals surface area contributed by atoms with Crippen molar-refractivity contribution in [3.63, 3.8) is 0 Å². The van der Waals surface area contributed by atoms with E-state index in [0.29, 0.717) is 6.42 Å². The van der Waals surface area contributed by atoms with Crippen LogP contribution in [0.1, 0.15) is 17.5 Å². The Balaban J connectivity index is 0.00000180. The standard InChI is InChI=1S/C14H18BrNO2.ClH/c1-9-4-10(6-12(15)5-9)7-13(14(17)18)11-2-3-16-8-11;/h4-6,11,13,16H,2-3,7-8H2,1H3,(H,17,18);1H/t11-,13-;/m0./s1. The SMILES string of the molecule is Cc1cc(Br)cc(C[C@H](C(=O)O)[C@H]2CCNC2)c1.Cl. The summed E-state index contributed by atoms with van der Waals surface area (Å²) >= 11 is 3.46. The summed E-state index contributed by atoms with van der Waals surface area (Å²) in [5.41, 5.74) is 2.26. The number of carboxylic acids is 1. The van der Waals surface area contributed by atoms with Crippen LogP contribution in [-0.2, 0) is 11.2 Å². The van der Waals surface area contributed by atoms with Crippen LogP contribution in [0.4, 0.5) is 0 Å². The van der Waals surface area contributed by atoms with Gasteiger partial charge in [0.2, 0.25) is 0 Å². The lowest BCUT2D eigenvalue weighted by molar-refractivity contribution is -0.143. The molecule has 106 valence electrons. The van der Waals surface area contributed by atoms with E-state index >= 15 is 0 Å². The number of hydrogen-bond donors (Lipinski definition) is 2. The summed E-state index contributed by atoms with van der Waals surface area (Å²) in [4.78, 5) is 11.4. The molecule has 0 spiro atoms. The summed E-state index contributed by atoms with van der Waals surface area (Å²) in [7, 11) is 0. The van der Waals surface area contributed by atoms with Gasteiger partial charge < -0.3 is 10.4 Å². The van der Waals surface area contributed by atoms with Gasteiger partial charge in [0.05, 0.1) is 5.92 Å². The summed E-state index contributed by atoms with van der Waals surface area (Å²) in [5.74, 6) is -0.711. The molecule has 0 aliphatic carbocycles. The first-order valence-corrected chi connectivity index (χ1v) is 7.05. The van der Waals surface area contributed by atoms with Crippen molar-refractivity contribution in [3.05, 3.63) is 33.8 Å². The van der Waals surface area contributed by atoms with Crippen LogP contribution in [0.15, 0.2) is 22.7 Å². The van der Waals surface area contributed by atoms with Crippen molar-refractivity contribution in [2.75, 3.05) is 13.1 Å². The quantitative estimate of drug-likeness (QED) is 0.879. The van der Waals surface area contributed by atoms with E-state index in [0.717, 1.165) is 35.1 Å². The molecule has 1 saturated heterocycles. The minimum Gasteiger partial charge on any atom is -0.481 e. The van der Waals surface area contributed by atoms with Gasteiger partial charge in [-0.2, -0.15) is 0 Å². The normalized spacial score (nSPS) is 19.8. The van der Waals surface area contributed by atoms with Crippen LogP contribution in [0.5, 0.6) is 0 Å². The molecule has 0 aromatic heterocycles. The summed E-state index contributed by atoms with van der Waals surface area (Å²) in [6.45, 7) is 3.79. The topological polar surface area (TPSA) is 49.3 Å². The maximum Gasteiger partial charge on any atom is 0.307 e. The molecule has 3 nitrogen and oxygen atoms in total. The number of hydrogen-bond acceptors (Lipinski definition) is 2. The first-order valence-electron chi connectivity index (χ1n) is 6.26. The molecule has 1 aliphatic rings. The fraction of sp³-hybridized carbons (Fsp3) is 0.500. The molecule has 0 radical (unpaired) electrons. The van der Waals surface area contributed by atoms with Crippen LogP contribution in [0, 0.1) is 18.8 Å². The van der Waals surface area contributed by atoms with Gasteiger partial charge in [-0.1, -0.05) is 22.0 Å². The van der Waals surface area contributed by atoms with Gasteiger partial charge >= 0.3 is 5.97 Å². The fourth-order valence-corrected chi connectivity index (χ4v) is 3.31. The highest BCUT2D eigenvalue weighted by Crippen LogP contribution is 2.25. The molecule has 0 saturated carbocycles. The van der Waals surface area contributed by atoms with Gasteiger partial charge in [-0.05, 0) is 62.0 Å². The number of nitrogens with one attached hydrogen (secondary N) is 1. The molecule has 2 rings (SSSR count). The van der Waals surface area contributed by atoms with Crippen LogP contribution < -0.4 is 5.32 Å². The molecular weight excluding hydrogens is 330 g/mol. The number of aliphatic carboxylic acids is 1. The van der Waals surface area contributed by atoms with Gasteiger partial charge in [0, 0.05) is 4.47 Å². The van der Waals surface area contributed by atoms with Gasteiger partial charge in [-0.15, -0.1) is 12.4 Å². The number of halogens is 2. The highest BCUT2D eigenvalue weighted by Gasteiger charge is 2.30. The van der Waals surface area contributed by atoms with Crippen molar-refractivity contribution in [1.29, 1.82) is 0 Å². The maximum atomic E-state index is 11.4. The zero-order chi connectivity index (χ0) is 13.1. The molecule has 1 fully saturated rings. The third-order valence-corrected chi connectivity index (χ3v) is 4.00. The molecule has 2 N–H and O–H groups in total. The van der Waals surface area contributed by atoms with E-state index in [1.54, 1.807) is 0 Å².